The molecule has 4 rings (SSSR count). The molecule has 0 unspecified atom stereocenters. The molecule has 146 valence electrons. The second-order valence-electron chi connectivity index (χ2n) is 6.25. The first-order valence-electron chi connectivity index (χ1n) is 8.89. The molecule has 1 aliphatic heterocycles. The summed E-state index contributed by atoms with van der Waals surface area (Å²) in [6, 6.07) is 18.7. The van der Waals surface area contributed by atoms with E-state index < -0.39 is 0 Å². The van der Waals surface area contributed by atoms with E-state index in [-0.39, 0.29) is 18.6 Å². The zero-order valence-electron chi connectivity index (χ0n) is 15.6. The Bertz CT molecular complexity index is 1060. The van der Waals surface area contributed by atoms with Gasteiger partial charge >= 0.3 is 0 Å². The number of hydrogen-bond acceptors (Lipinski definition) is 5. The molecule has 0 spiro atoms. The molecule has 7 heteroatoms. The fourth-order valence-corrected chi connectivity index (χ4v) is 2.89. The molecule has 0 aliphatic carbocycles. The Labute approximate surface area is 167 Å². The molecular weight excluding hydrogens is 372 g/mol. The van der Waals surface area contributed by atoms with E-state index in [0.29, 0.717) is 39.8 Å². The van der Waals surface area contributed by atoms with Crippen LogP contribution < -0.4 is 24.8 Å². The SMILES string of the molecule is COc1ccccc1NC(=O)c1ccc(C(=O)Nc2ccc3c(c2)OCO3)cc1. The zero-order valence-corrected chi connectivity index (χ0v) is 15.6. The minimum Gasteiger partial charge on any atom is -0.495 e. The lowest BCUT2D eigenvalue weighted by atomic mass is 10.1. The van der Waals surface area contributed by atoms with Crippen molar-refractivity contribution in [1.29, 1.82) is 0 Å². The average molecular weight is 390 g/mol. The van der Waals surface area contributed by atoms with Gasteiger partial charge in [-0.05, 0) is 48.5 Å². The summed E-state index contributed by atoms with van der Waals surface area (Å²) in [5.41, 5.74) is 2.02. The Kier molecular flexibility index (Phi) is 5.03. The van der Waals surface area contributed by atoms with Crippen molar-refractivity contribution in [3.05, 3.63) is 77.9 Å². The Morgan fingerprint density at radius 1 is 0.828 bits per heavy atom. The maximum Gasteiger partial charge on any atom is 0.255 e. The van der Waals surface area contributed by atoms with Gasteiger partial charge in [0, 0.05) is 22.9 Å². The normalized spacial score (nSPS) is 11.6. The van der Waals surface area contributed by atoms with Crippen LogP contribution in [0.4, 0.5) is 11.4 Å². The van der Waals surface area contributed by atoms with Crippen molar-refractivity contribution in [3.63, 3.8) is 0 Å². The first-order chi connectivity index (χ1) is 14.1. The third-order valence-electron chi connectivity index (χ3n) is 4.39. The van der Waals surface area contributed by atoms with E-state index in [4.69, 9.17) is 14.2 Å². The van der Waals surface area contributed by atoms with E-state index in [1.165, 1.54) is 0 Å². The summed E-state index contributed by atoms with van der Waals surface area (Å²) in [6.45, 7) is 0.172. The van der Waals surface area contributed by atoms with Crippen molar-refractivity contribution in [1.82, 2.24) is 0 Å². The van der Waals surface area contributed by atoms with Gasteiger partial charge < -0.3 is 24.8 Å². The Balaban J connectivity index is 1.43. The molecule has 29 heavy (non-hydrogen) atoms. The highest BCUT2D eigenvalue weighted by Crippen LogP contribution is 2.34. The molecule has 0 bridgehead atoms. The molecule has 2 N–H and O–H groups in total. The van der Waals surface area contributed by atoms with Crippen LogP contribution in [-0.4, -0.2) is 25.7 Å². The van der Waals surface area contributed by atoms with E-state index in [0.717, 1.165) is 0 Å². The second kappa shape index (κ2) is 7.93. The fraction of sp³-hybridized carbons (Fsp3) is 0.0909. The van der Waals surface area contributed by atoms with E-state index >= 15 is 0 Å². The molecule has 0 aromatic heterocycles. The number of anilines is 2. The van der Waals surface area contributed by atoms with E-state index in [9.17, 15) is 9.59 Å². The lowest BCUT2D eigenvalue weighted by Gasteiger charge is -2.10. The Morgan fingerprint density at radius 3 is 2.21 bits per heavy atom. The molecule has 1 aliphatic rings. The molecule has 7 nitrogen and oxygen atoms in total. The molecule has 0 saturated carbocycles. The van der Waals surface area contributed by atoms with Crippen molar-refractivity contribution in [3.8, 4) is 17.2 Å². The Hall–Kier alpha value is -4.00. The number of methoxy groups -OCH3 is 1. The lowest BCUT2D eigenvalue weighted by molar-refractivity contribution is 0.101. The molecule has 3 aromatic carbocycles. The maximum atomic E-state index is 12.5. The van der Waals surface area contributed by atoms with Crippen LogP contribution >= 0.6 is 0 Å². The smallest absolute Gasteiger partial charge is 0.255 e. The monoisotopic (exact) mass is 390 g/mol. The van der Waals surface area contributed by atoms with Gasteiger partial charge in [-0.1, -0.05) is 12.1 Å². The van der Waals surface area contributed by atoms with E-state index in [1.807, 2.05) is 12.1 Å². The van der Waals surface area contributed by atoms with Gasteiger partial charge in [0.15, 0.2) is 11.5 Å². The standard InChI is InChI=1S/C22H18N2O5/c1-27-18-5-3-2-4-17(18)24-22(26)15-8-6-14(7-9-15)21(25)23-16-10-11-19-20(12-16)29-13-28-19/h2-12H,13H2,1H3,(H,23,25)(H,24,26). The molecule has 3 aromatic rings. The van der Waals surface area contributed by atoms with Gasteiger partial charge in [0.1, 0.15) is 5.75 Å². The minimum atomic E-state index is -0.294. The number of rotatable bonds is 5. The number of ether oxygens (including phenoxy) is 3. The highest BCUT2D eigenvalue weighted by atomic mass is 16.7. The van der Waals surface area contributed by atoms with Crippen molar-refractivity contribution < 1.29 is 23.8 Å². The number of hydrogen-bond donors (Lipinski definition) is 2. The summed E-state index contributed by atoms with van der Waals surface area (Å²) >= 11 is 0. The van der Waals surface area contributed by atoms with Crippen molar-refractivity contribution >= 4 is 23.2 Å². The highest BCUT2D eigenvalue weighted by molar-refractivity contribution is 6.07. The molecule has 0 radical (unpaired) electrons. The number of carbonyl (C=O) groups is 2. The maximum absolute atomic E-state index is 12.5. The van der Waals surface area contributed by atoms with Crippen LogP contribution in [0.1, 0.15) is 20.7 Å². The number of para-hydroxylation sites is 2. The van der Waals surface area contributed by atoms with Crippen LogP contribution in [-0.2, 0) is 0 Å². The molecule has 0 fully saturated rings. The summed E-state index contributed by atoms with van der Waals surface area (Å²) in [5.74, 6) is 1.22. The van der Waals surface area contributed by atoms with Crippen LogP contribution in [0.5, 0.6) is 17.2 Å². The fourth-order valence-electron chi connectivity index (χ4n) is 2.89. The predicted octanol–water partition coefficient (Wildman–Crippen LogP) is 3.93. The number of benzene rings is 3. The van der Waals surface area contributed by atoms with Crippen LogP contribution in [0.15, 0.2) is 66.7 Å². The second-order valence-corrected chi connectivity index (χ2v) is 6.25. The van der Waals surface area contributed by atoms with Gasteiger partial charge in [0.2, 0.25) is 6.79 Å². The largest absolute Gasteiger partial charge is 0.495 e. The Morgan fingerprint density at radius 2 is 1.48 bits per heavy atom. The first-order valence-corrected chi connectivity index (χ1v) is 8.89. The number of amides is 2. The van der Waals surface area contributed by atoms with Crippen molar-refractivity contribution in [2.24, 2.45) is 0 Å². The van der Waals surface area contributed by atoms with Crippen LogP contribution in [0, 0.1) is 0 Å². The number of carbonyl (C=O) groups excluding carboxylic acids is 2. The first kappa shape index (κ1) is 18.4. The van der Waals surface area contributed by atoms with E-state index in [2.05, 4.69) is 10.6 Å². The van der Waals surface area contributed by atoms with Gasteiger partial charge in [-0.15, -0.1) is 0 Å². The average Bonchev–Trinajstić information content (AvgIpc) is 3.22. The van der Waals surface area contributed by atoms with E-state index in [1.54, 1.807) is 61.7 Å². The van der Waals surface area contributed by atoms with Gasteiger partial charge in [-0.2, -0.15) is 0 Å². The van der Waals surface area contributed by atoms with Crippen LogP contribution in [0.25, 0.3) is 0 Å². The van der Waals surface area contributed by atoms with Gasteiger partial charge in [0.25, 0.3) is 11.8 Å². The lowest BCUT2D eigenvalue weighted by Crippen LogP contribution is -2.14. The summed E-state index contributed by atoms with van der Waals surface area (Å²) in [7, 11) is 1.54. The predicted molar refractivity (Wildman–Crippen MR) is 108 cm³/mol. The van der Waals surface area contributed by atoms with Crippen molar-refractivity contribution in [2.45, 2.75) is 0 Å². The molecule has 2 amide bonds. The summed E-state index contributed by atoms with van der Waals surface area (Å²) in [4.78, 5) is 24.9. The molecular formula is C22H18N2O5. The molecule has 0 atom stereocenters. The zero-order chi connectivity index (χ0) is 20.2. The van der Waals surface area contributed by atoms with Gasteiger partial charge in [-0.25, -0.2) is 0 Å². The number of fused-ring (bicyclic) bond motifs is 1. The third kappa shape index (κ3) is 3.98. The summed E-state index contributed by atoms with van der Waals surface area (Å²) in [5, 5.41) is 5.60. The van der Waals surface area contributed by atoms with Crippen LogP contribution in [0.3, 0.4) is 0 Å². The number of nitrogens with one attached hydrogen (secondary N) is 2. The quantitative estimate of drug-likeness (QED) is 0.689. The molecule has 0 saturated heterocycles. The van der Waals surface area contributed by atoms with Crippen LogP contribution in [0.2, 0.25) is 0 Å². The highest BCUT2D eigenvalue weighted by Gasteiger charge is 2.15. The summed E-state index contributed by atoms with van der Waals surface area (Å²) < 4.78 is 15.8. The topological polar surface area (TPSA) is 85.9 Å². The summed E-state index contributed by atoms with van der Waals surface area (Å²) in [6.07, 6.45) is 0. The van der Waals surface area contributed by atoms with Gasteiger partial charge in [0.05, 0.1) is 12.8 Å². The molecule has 1 heterocycles. The van der Waals surface area contributed by atoms with Crippen molar-refractivity contribution in [2.75, 3.05) is 24.5 Å². The minimum absolute atomic E-state index is 0.172. The van der Waals surface area contributed by atoms with Gasteiger partial charge in [-0.3, -0.25) is 9.59 Å². The third-order valence-corrected chi connectivity index (χ3v) is 4.39.